The Kier molecular flexibility index (Phi) is 4.50. The second kappa shape index (κ2) is 5.67. The minimum absolute atomic E-state index is 0. The van der Waals surface area contributed by atoms with Gasteiger partial charge in [0.05, 0.1) is 0 Å². The van der Waals surface area contributed by atoms with Crippen LogP contribution < -0.4 is 5.73 Å². The average molecular weight is 233 g/mol. The average Bonchev–Trinajstić information content (AvgIpc) is 2.28. The van der Waals surface area contributed by atoms with Gasteiger partial charge in [-0.15, -0.1) is 0 Å². The first-order chi connectivity index (χ1) is 7.97. The van der Waals surface area contributed by atoms with Gasteiger partial charge < -0.3 is 5.73 Å². The molecule has 0 bridgehead atoms. The van der Waals surface area contributed by atoms with E-state index < -0.39 is 0 Å². The first kappa shape index (κ1) is 13.5. The van der Waals surface area contributed by atoms with Gasteiger partial charge in [-0.2, -0.15) is 0 Å². The summed E-state index contributed by atoms with van der Waals surface area (Å²) in [7, 11) is 0. The molecule has 0 aliphatic rings. The lowest BCUT2D eigenvalue weighted by molar-refractivity contribution is -0.113. The molecule has 0 aromatic heterocycles. The summed E-state index contributed by atoms with van der Waals surface area (Å²) in [6.45, 7) is 7.67. The number of carbonyl (C=O) groups is 1. The molecule has 0 unspecified atom stereocenters. The van der Waals surface area contributed by atoms with Gasteiger partial charge >= 0.3 is 0 Å². The smallest absolute Gasteiger partial charge is 0.158 e. The number of hydrogen-bond donors (Lipinski definition) is 1. The summed E-state index contributed by atoms with van der Waals surface area (Å²) in [4.78, 5) is 11.6. The van der Waals surface area contributed by atoms with E-state index in [0.717, 1.165) is 17.6 Å². The van der Waals surface area contributed by atoms with E-state index in [-0.39, 0.29) is 13.1 Å². The lowest BCUT2D eigenvalue weighted by atomic mass is 9.94. The molecule has 0 saturated carbocycles. The zero-order valence-electron chi connectivity index (χ0n) is 11.1. The number of hydrogen-bond acceptors (Lipinski definition) is 2. The van der Waals surface area contributed by atoms with Crippen molar-refractivity contribution in [3.8, 4) is 0 Å². The fraction of sp³-hybridized carbons (Fsp3) is 0.400. The molecule has 2 N–H and O–H groups in total. The first-order valence-corrected chi connectivity index (χ1v) is 6.07. The summed E-state index contributed by atoms with van der Waals surface area (Å²) in [6.07, 6.45) is 0.970. The predicted octanol–water partition coefficient (Wildman–Crippen LogP) is 3.41. The van der Waals surface area contributed by atoms with Gasteiger partial charge in [0.15, 0.2) is 5.78 Å². The maximum absolute atomic E-state index is 11.6. The Balaban J connectivity index is 0.00000289. The van der Waals surface area contributed by atoms with Gasteiger partial charge in [-0.25, -0.2) is 0 Å². The minimum Gasteiger partial charge on any atom is -0.398 e. The highest BCUT2D eigenvalue weighted by Gasteiger charge is 2.14. The number of rotatable bonds is 4. The molecular weight excluding hydrogens is 210 g/mol. The number of carbonyl (C=O) groups excluding carboxylic acids is 1. The van der Waals surface area contributed by atoms with Gasteiger partial charge in [-0.1, -0.05) is 39.0 Å². The third-order valence-electron chi connectivity index (χ3n) is 2.89. The maximum Gasteiger partial charge on any atom is 0.158 e. The number of aryl methyl sites for hydroxylation is 1. The highest BCUT2D eigenvalue weighted by Crippen LogP contribution is 2.21. The quantitative estimate of drug-likeness (QED) is 0.810. The Morgan fingerprint density at radius 2 is 2.06 bits per heavy atom. The van der Waals surface area contributed by atoms with Gasteiger partial charge in [0.2, 0.25) is 0 Å². The van der Waals surface area contributed by atoms with Gasteiger partial charge in [0.1, 0.15) is 0 Å². The second-order valence-corrected chi connectivity index (χ2v) is 4.59. The third kappa shape index (κ3) is 3.19. The normalized spacial score (nSPS) is 12.5. The van der Waals surface area contributed by atoms with Crippen LogP contribution in [0.5, 0.6) is 0 Å². The van der Waals surface area contributed by atoms with Crippen LogP contribution in [0.1, 0.15) is 40.2 Å². The number of Topliss-reactive ketones (excluding diaryl/α,β-unsaturated/α-hetero) is 1. The molecule has 2 nitrogen and oxygen atoms in total. The highest BCUT2D eigenvalue weighted by atomic mass is 16.1. The van der Waals surface area contributed by atoms with Crippen LogP contribution in [0.4, 0.5) is 0 Å². The van der Waals surface area contributed by atoms with Crippen molar-refractivity contribution in [2.24, 2.45) is 11.7 Å². The van der Waals surface area contributed by atoms with Crippen LogP contribution in [-0.2, 0) is 11.2 Å². The third-order valence-corrected chi connectivity index (χ3v) is 2.89. The van der Waals surface area contributed by atoms with E-state index in [2.05, 4.69) is 19.1 Å². The number of benzene rings is 1. The summed E-state index contributed by atoms with van der Waals surface area (Å²) in [6, 6.07) is 8.07. The van der Waals surface area contributed by atoms with Crippen molar-refractivity contribution in [1.82, 2.24) is 0 Å². The zero-order valence-corrected chi connectivity index (χ0v) is 11.1. The van der Waals surface area contributed by atoms with Crippen molar-refractivity contribution < 1.29 is 6.22 Å². The van der Waals surface area contributed by atoms with E-state index in [1.165, 1.54) is 5.56 Å². The molecule has 0 saturated heterocycles. The lowest BCUT2D eigenvalue weighted by Gasteiger charge is -2.13. The van der Waals surface area contributed by atoms with Crippen molar-refractivity contribution in [3.63, 3.8) is 0 Å². The number of allylic oxidation sites excluding steroid dienone is 1. The van der Waals surface area contributed by atoms with Crippen LogP contribution in [0, 0.1) is 5.92 Å². The predicted molar refractivity (Wildman–Crippen MR) is 74.6 cm³/mol. The van der Waals surface area contributed by atoms with Crippen LogP contribution in [0.3, 0.4) is 0 Å². The van der Waals surface area contributed by atoms with Gasteiger partial charge in [0, 0.05) is 12.7 Å². The lowest BCUT2D eigenvalue weighted by Crippen LogP contribution is -2.12. The van der Waals surface area contributed by atoms with Crippen LogP contribution in [0.15, 0.2) is 29.8 Å². The summed E-state index contributed by atoms with van der Waals surface area (Å²) < 4.78 is 0. The molecule has 0 fully saturated rings. The Morgan fingerprint density at radius 3 is 2.53 bits per heavy atom. The molecule has 17 heavy (non-hydrogen) atoms. The summed E-state index contributed by atoms with van der Waals surface area (Å²) in [5.74, 6) is 0.206. The number of ketones is 1. The maximum atomic E-state index is 11.6. The van der Waals surface area contributed by atoms with Crippen LogP contribution in [-0.4, -0.2) is 5.78 Å². The Hall–Kier alpha value is -1.57. The largest absolute Gasteiger partial charge is 0.398 e. The molecule has 0 spiro atoms. The van der Waals surface area contributed by atoms with E-state index in [4.69, 9.17) is 5.73 Å². The zero-order chi connectivity index (χ0) is 13.0. The van der Waals surface area contributed by atoms with E-state index in [1.54, 1.807) is 6.92 Å². The first-order valence-electron chi connectivity index (χ1n) is 6.07. The van der Waals surface area contributed by atoms with Gasteiger partial charge in [-0.3, -0.25) is 4.79 Å². The molecular formula is C15H23NO. The standard InChI is InChI=1S/C15H21NO.H2/c1-5-12-7-6-8-13(9-12)15(16)14(10(2)3)11(4)17;/h6-10H,5,16H2,1-4H3;1H/b15-14-;. The fourth-order valence-electron chi connectivity index (χ4n) is 2.02. The summed E-state index contributed by atoms with van der Waals surface area (Å²) >= 11 is 0. The molecule has 0 heterocycles. The molecule has 1 aromatic carbocycles. The van der Waals surface area contributed by atoms with E-state index in [9.17, 15) is 4.79 Å². The van der Waals surface area contributed by atoms with Crippen LogP contribution in [0.2, 0.25) is 0 Å². The molecule has 0 aliphatic heterocycles. The van der Waals surface area contributed by atoms with Crippen molar-refractivity contribution in [2.45, 2.75) is 34.1 Å². The molecule has 0 aliphatic carbocycles. The molecule has 94 valence electrons. The van der Waals surface area contributed by atoms with Crippen molar-refractivity contribution >= 4 is 11.5 Å². The Bertz CT molecular complexity index is 450. The van der Waals surface area contributed by atoms with E-state index in [0.29, 0.717) is 5.70 Å². The number of nitrogens with two attached hydrogens (primary N) is 1. The fourth-order valence-corrected chi connectivity index (χ4v) is 2.02. The molecule has 1 rings (SSSR count). The van der Waals surface area contributed by atoms with Crippen LogP contribution in [0.25, 0.3) is 5.70 Å². The van der Waals surface area contributed by atoms with Gasteiger partial charge in [0.25, 0.3) is 0 Å². The molecule has 2 heteroatoms. The Morgan fingerprint density at radius 1 is 1.41 bits per heavy atom. The molecule has 0 amide bonds. The second-order valence-electron chi connectivity index (χ2n) is 4.59. The van der Waals surface area contributed by atoms with Crippen molar-refractivity contribution in [3.05, 3.63) is 41.0 Å². The minimum atomic E-state index is 0. The highest BCUT2D eigenvalue weighted by molar-refractivity contribution is 6.00. The molecule has 0 radical (unpaired) electrons. The summed E-state index contributed by atoms with van der Waals surface area (Å²) in [5.41, 5.74) is 9.64. The van der Waals surface area contributed by atoms with E-state index >= 15 is 0 Å². The van der Waals surface area contributed by atoms with Crippen molar-refractivity contribution in [1.29, 1.82) is 0 Å². The topological polar surface area (TPSA) is 43.1 Å². The SMILES string of the molecule is CCc1cccc(/C(N)=C(/C(C)=O)C(C)C)c1.[HH]. The molecule has 1 aromatic rings. The van der Waals surface area contributed by atoms with Crippen molar-refractivity contribution in [2.75, 3.05) is 0 Å². The summed E-state index contributed by atoms with van der Waals surface area (Å²) in [5, 5.41) is 0. The molecule has 0 atom stereocenters. The Labute approximate surface area is 105 Å². The monoisotopic (exact) mass is 233 g/mol. The van der Waals surface area contributed by atoms with E-state index in [1.807, 2.05) is 26.0 Å². The van der Waals surface area contributed by atoms with Crippen LogP contribution >= 0.6 is 0 Å². The van der Waals surface area contributed by atoms with Gasteiger partial charge in [-0.05, 0) is 36.5 Å².